The van der Waals surface area contributed by atoms with E-state index in [4.69, 9.17) is 0 Å². The van der Waals surface area contributed by atoms with E-state index in [0.717, 1.165) is 5.69 Å². The number of thiol groups is 1. The molecule has 0 heterocycles. The van der Waals surface area contributed by atoms with E-state index in [1.165, 1.54) is 12.1 Å². The van der Waals surface area contributed by atoms with Crippen molar-refractivity contribution >= 4 is 18.3 Å². The Morgan fingerprint density at radius 3 is 2.40 bits per heavy atom. The van der Waals surface area contributed by atoms with Crippen LogP contribution in [0.15, 0.2) is 24.3 Å². The van der Waals surface area contributed by atoms with Gasteiger partial charge in [0, 0.05) is 5.69 Å². The number of anilines is 1. The zero-order valence-corrected chi connectivity index (χ0v) is 6.24. The van der Waals surface area contributed by atoms with Crippen LogP contribution >= 0.6 is 12.6 Å². The van der Waals surface area contributed by atoms with Crippen LogP contribution in [-0.2, 0) is 0 Å². The molecule has 1 nitrogen and oxygen atoms in total. The number of hydrogen-bond acceptors (Lipinski definition) is 2. The van der Waals surface area contributed by atoms with Crippen LogP contribution in [-0.4, -0.2) is 5.88 Å². The predicted octanol–water partition coefficient (Wildman–Crippen LogP) is 2.12. The normalized spacial score (nSPS) is 9.40. The fourth-order valence-electron chi connectivity index (χ4n) is 0.659. The van der Waals surface area contributed by atoms with Crippen LogP contribution in [0.5, 0.6) is 0 Å². The molecule has 3 heteroatoms. The molecule has 0 saturated heterocycles. The van der Waals surface area contributed by atoms with E-state index in [2.05, 4.69) is 17.9 Å². The van der Waals surface area contributed by atoms with Gasteiger partial charge in [-0.15, -0.1) is 0 Å². The lowest BCUT2D eigenvalue weighted by Crippen LogP contribution is -1.93. The van der Waals surface area contributed by atoms with Crippen LogP contribution in [0.3, 0.4) is 0 Å². The Bertz CT molecular complexity index is 197. The lowest BCUT2D eigenvalue weighted by Gasteiger charge is -1.99. The van der Waals surface area contributed by atoms with Crippen molar-refractivity contribution in [3.63, 3.8) is 0 Å². The first-order chi connectivity index (χ1) is 4.83. The van der Waals surface area contributed by atoms with Gasteiger partial charge in [-0.2, -0.15) is 12.6 Å². The molecule has 0 aliphatic carbocycles. The van der Waals surface area contributed by atoms with Gasteiger partial charge in [-0.3, -0.25) is 0 Å². The molecule has 0 aliphatic rings. The van der Waals surface area contributed by atoms with E-state index in [1.807, 2.05) is 0 Å². The Hall–Kier alpha value is -0.700. The Morgan fingerprint density at radius 2 is 1.90 bits per heavy atom. The van der Waals surface area contributed by atoms with E-state index in [0.29, 0.717) is 5.88 Å². The molecule has 0 radical (unpaired) electrons. The van der Waals surface area contributed by atoms with Crippen molar-refractivity contribution in [3.8, 4) is 0 Å². The Labute approximate surface area is 64.7 Å². The van der Waals surface area contributed by atoms with Crippen LogP contribution in [0, 0.1) is 5.82 Å². The van der Waals surface area contributed by atoms with Crippen LogP contribution in [0.1, 0.15) is 0 Å². The van der Waals surface area contributed by atoms with Crippen molar-refractivity contribution in [1.82, 2.24) is 0 Å². The van der Waals surface area contributed by atoms with Crippen LogP contribution < -0.4 is 5.32 Å². The molecule has 1 rings (SSSR count). The number of hydrogen-bond donors (Lipinski definition) is 2. The summed E-state index contributed by atoms with van der Waals surface area (Å²) in [6.45, 7) is 0. The minimum Gasteiger partial charge on any atom is -0.376 e. The highest BCUT2D eigenvalue weighted by Crippen LogP contribution is 2.07. The molecule has 1 aromatic rings. The lowest BCUT2D eigenvalue weighted by atomic mass is 10.3. The SMILES string of the molecule is Fc1ccc(NCS)cc1. The average Bonchev–Trinajstić information content (AvgIpc) is 1.95. The summed E-state index contributed by atoms with van der Waals surface area (Å²) in [5.41, 5.74) is 0.886. The number of halogens is 1. The molecule has 0 amide bonds. The first kappa shape index (κ1) is 7.41. The first-order valence-corrected chi connectivity index (χ1v) is 3.56. The Morgan fingerprint density at radius 1 is 1.30 bits per heavy atom. The molecule has 1 N–H and O–H groups in total. The van der Waals surface area contributed by atoms with Crippen molar-refractivity contribution in [2.45, 2.75) is 0 Å². The summed E-state index contributed by atoms with van der Waals surface area (Å²) in [5.74, 6) is 0.343. The fraction of sp³-hybridized carbons (Fsp3) is 0.143. The van der Waals surface area contributed by atoms with Crippen LogP contribution in [0.4, 0.5) is 10.1 Å². The van der Waals surface area contributed by atoms with Crippen molar-refractivity contribution in [3.05, 3.63) is 30.1 Å². The third kappa shape index (κ3) is 1.92. The summed E-state index contributed by atoms with van der Waals surface area (Å²) in [6, 6.07) is 6.16. The van der Waals surface area contributed by atoms with Gasteiger partial charge in [-0.25, -0.2) is 4.39 Å². The summed E-state index contributed by atoms with van der Waals surface area (Å²) in [6.07, 6.45) is 0. The maximum Gasteiger partial charge on any atom is 0.123 e. The second-order valence-electron chi connectivity index (χ2n) is 1.84. The van der Waals surface area contributed by atoms with E-state index in [9.17, 15) is 4.39 Å². The van der Waals surface area contributed by atoms with Crippen LogP contribution in [0.2, 0.25) is 0 Å². The first-order valence-electron chi connectivity index (χ1n) is 2.93. The van der Waals surface area contributed by atoms with Crippen LogP contribution in [0.25, 0.3) is 0 Å². The summed E-state index contributed by atoms with van der Waals surface area (Å²) in [4.78, 5) is 0. The Kier molecular flexibility index (Phi) is 2.57. The smallest absolute Gasteiger partial charge is 0.123 e. The highest BCUT2D eigenvalue weighted by atomic mass is 32.1. The van der Waals surface area contributed by atoms with Crippen molar-refractivity contribution in [2.75, 3.05) is 11.2 Å². The van der Waals surface area contributed by atoms with Gasteiger partial charge in [0.15, 0.2) is 0 Å². The third-order valence-electron chi connectivity index (χ3n) is 1.13. The highest BCUT2D eigenvalue weighted by molar-refractivity contribution is 7.80. The molecular formula is C7H8FNS. The molecule has 0 fully saturated rings. The zero-order chi connectivity index (χ0) is 7.40. The van der Waals surface area contributed by atoms with E-state index in [1.54, 1.807) is 12.1 Å². The third-order valence-corrected chi connectivity index (χ3v) is 1.29. The second kappa shape index (κ2) is 3.46. The second-order valence-corrected chi connectivity index (χ2v) is 2.16. The van der Waals surface area contributed by atoms with Gasteiger partial charge in [0.05, 0.1) is 5.88 Å². The fourth-order valence-corrected chi connectivity index (χ4v) is 0.842. The van der Waals surface area contributed by atoms with Gasteiger partial charge in [-0.1, -0.05) is 0 Å². The van der Waals surface area contributed by atoms with Gasteiger partial charge in [0.1, 0.15) is 5.82 Å². The molecule has 0 aromatic heterocycles. The maximum absolute atomic E-state index is 12.3. The molecule has 0 spiro atoms. The molecule has 1 aromatic carbocycles. The lowest BCUT2D eigenvalue weighted by molar-refractivity contribution is 0.628. The zero-order valence-electron chi connectivity index (χ0n) is 5.34. The standard InChI is InChI=1S/C7H8FNS/c8-6-1-3-7(4-2-6)9-5-10/h1-4,9-10H,5H2. The molecule has 0 atom stereocenters. The predicted molar refractivity (Wildman–Crippen MR) is 43.9 cm³/mol. The van der Waals surface area contributed by atoms with Crippen molar-refractivity contribution < 1.29 is 4.39 Å². The van der Waals surface area contributed by atoms with Gasteiger partial charge in [0.25, 0.3) is 0 Å². The van der Waals surface area contributed by atoms with E-state index >= 15 is 0 Å². The van der Waals surface area contributed by atoms with Crippen molar-refractivity contribution in [2.24, 2.45) is 0 Å². The van der Waals surface area contributed by atoms with Gasteiger partial charge in [-0.05, 0) is 24.3 Å². The topological polar surface area (TPSA) is 12.0 Å². The number of benzene rings is 1. The highest BCUT2D eigenvalue weighted by Gasteiger charge is 1.88. The van der Waals surface area contributed by atoms with E-state index < -0.39 is 0 Å². The van der Waals surface area contributed by atoms with E-state index in [-0.39, 0.29) is 5.82 Å². The summed E-state index contributed by atoms with van der Waals surface area (Å²) in [7, 11) is 0. The molecule has 54 valence electrons. The molecular weight excluding hydrogens is 149 g/mol. The molecule has 10 heavy (non-hydrogen) atoms. The number of rotatable bonds is 2. The molecule has 0 aliphatic heterocycles. The molecule has 0 bridgehead atoms. The summed E-state index contributed by atoms with van der Waals surface area (Å²) in [5, 5.41) is 2.93. The Balaban J connectivity index is 2.69. The van der Waals surface area contributed by atoms with Gasteiger partial charge < -0.3 is 5.32 Å². The quantitative estimate of drug-likeness (QED) is 0.495. The summed E-state index contributed by atoms with van der Waals surface area (Å²) >= 11 is 3.95. The summed E-state index contributed by atoms with van der Waals surface area (Å²) < 4.78 is 12.3. The minimum absolute atomic E-state index is 0.218. The minimum atomic E-state index is -0.218. The monoisotopic (exact) mass is 157 g/mol. The number of nitrogens with one attached hydrogen (secondary N) is 1. The van der Waals surface area contributed by atoms with Crippen molar-refractivity contribution in [1.29, 1.82) is 0 Å². The maximum atomic E-state index is 12.3. The van der Waals surface area contributed by atoms with Gasteiger partial charge >= 0.3 is 0 Å². The molecule has 0 saturated carbocycles. The average molecular weight is 157 g/mol. The molecule has 0 unspecified atom stereocenters. The van der Waals surface area contributed by atoms with Gasteiger partial charge in [0.2, 0.25) is 0 Å². The largest absolute Gasteiger partial charge is 0.376 e.